The smallest absolute Gasteiger partial charge is 0.407 e. The Balaban J connectivity index is -0.000000484. The Bertz CT molecular complexity index is 761. The molecule has 4 rings (SSSR count). The van der Waals surface area contributed by atoms with E-state index in [0.717, 1.165) is 32.7 Å². The second-order valence-corrected chi connectivity index (χ2v) is 10.0. The highest BCUT2D eigenvalue weighted by Crippen LogP contribution is 2.04. The number of nitrogens with two attached hydrogens (primary N) is 7. The van der Waals surface area contributed by atoms with Gasteiger partial charge in [-0.05, 0) is 27.7 Å². The quantitative estimate of drug-likeness (QED) is 0.121. The van der Waals surface area contributed by atoms with Crippen LogP contribution in [-0.4, -0.2) is 155 Å². The molecule has 4 unspecified atom stereocenters. The molecule has 0 aromatic heterocycles. The van der Waals surface area contributed by atoms with Crippen molar-refractivity contribution in [3.8, 4) is 0 Å². The van der Waals surface area contributed by atoms with E-state index in [2.05, 4.69) is 31.3 Å². The third-order valence-electron chi connectivity index (χ3n) is 5.69. The molecule has 20 heteroatoms. The van der Waals surface area contributed by atoms with Gasteiger partial charge in [-0.2, -0.15) is 0 Å². The van der Waals surface area contributed by atoms with Crippen molar-refractivity contribution in [2.45, 2.75) is 52.0 Å². The van der Waals surface area contributed by atoms with Gasteiger partial charge < -0.3 is 86.4 Å². The van der Waals surface area contributed by atoms with E-state index in [4.69, 9.17) is 45.2 Å². The average molecular weight is 669 g/mol. The van der Waals surface area contributed by atoms with E-state index >= 15 is 0 Å². The number of ether oxygens (including phenoxy) is 1. The van der Waals surface area contributed by atoms with Crippen molar-refractivity contribution in [2.24, 2.45) is 40.1 Å². The molecule has 274 valence electrons. The molecule has 0 spiro atoms. The van der Waals surface area contributed by atoms with Crippen molar-refractivity contribution in [1.29, 1.82) is 0 Å². The van der Waals surface area contributed by atoms with Crippen LogP contribution in [0.3, 0.4) is 0 Å². The number of nitrogens with zero attached hydrogens (tertiary/aromatic N) is 2. The summed E-state index contributed by atoms with van der Waals surface area (Å²) in [7, 11) is 0. The monoisotopic (exact) mass is 669 g/mol. The van der Waals surface area contributed by atoms with Crippen LogP contribution >= 0.6 is 0 Å². The van der Waals surface area contributed by atoms with Crippen LogP contribution in [0.25, 0.3) is 0 Å². The van der Waals surface area contributed by atoms with Crippen LogP contribution in [0.1, 0.15) is 27.7 Å². The summed E-state index contributed by atoms with van der Waals surface area (Å²) in [5.41, 5.74) is 35.2. The molecule has 4 atom stereocenters. The zero-order valence-corrected chi connectivity index (χ0v) is 28.1. The summed E-state index contributed by atoms with van der Waals surface area (Å²) in [6.07, 6.45) is -0.574. The molecule has 4 fully saturated rings. The van der Waals surface area contributed by atoms with Gasteiger partial charge in [0.05, 0.1) is 12.6 Å². The predicted molar refractivity (Wildman–Crippen MR) is 180 cm³/mol. The number of nitrogens with one attached hydrogen (secondary N) is 5. The first-order chi connectivity index (χ1) is 21.8. The second kappa shape index (κ2) is 31.7. The van der Waals surface area contributed by atoms with Crippen molar-refractivity contribution in [3.63, 3.8) is 0 Å². The number of amides is 7. The zero-order valence-electron chi connectivity index (χ0n) is 28.1. The molecule has 0 radical (unpaired) electrons. The van der Waals surface area contributed by atoms with Gasteiger partial charge >= 0.3 is 24.2 Å². The Morgan fingerprint density at radius 3 is 1.48 bits per heavy atom. The van der Waals surface area contributed by atoms with Gasteiger partial charge in [-0.15, -0.1) is 0 Å². The number of aliphatic hydroxyl groups excluding tert-OH is 1. The number of rotatable bonds is 7. The first-order valence-electron chi connectivity index (χ1n) is 15.4. The first-order valence-corrected chi connectivity index (χ1v) is 15.4. The average Bonchev–Trinajstić information content (AvgIpc) is 3.86. The number of carbonyl (C=O) groups is 4. The van der Waals surface area contributed by atoms with Crippen LogP contribution in [-0.2, 0) is 4.74 Å². The van der Waals surface area contributed by atoms with Crippen molar-refractivity contribution in [3.05, 3.63) is 0 Å². The predicted octanol–water partition coefficient (Wildman–Crippen LogP) is -4.74. The number of hydrogen-bond acceptors (Lipinski definition) is 13. The number of alkyl carbamates (subject to hydrolysis) is 1. The molecular formula is C26H64N14O6. The van der Waals surface area contributed by atoms with E-state index in [0.29, 0.717) is 64.9 Å². The summed E-state index contributed by atoms with van der Waals surface area (Å²) in [6.45, 7) is 16.4. The van der Waals surface area contributed by atoms with Crippen LogP contribution < -0.4 is 66.7 Å². The third kappa shape index (κ3) is 27.1. The fourth-order valence-electron chi connectivity index (χ4n) is 3.05. The Morgan fingerprint density at radius 1 is 0.739 bits per heavy atom. The lowest BCUT2D eigenvalue weighted by molar-refractivity contribution is 0.148. The molecule has 0 aliphatic carbocycles. The molecule has 46 heavy (non-hydrogen) atoms. The molecule has 4 heterocycles. The Labute approximate surface area is 273 Å². The van der Waals surface area contributed by atoms with Crippen LogP contribution in [0.5, 0.6) is 0 Å². The summed E-state index contributed by atoms with van der Waals surface area (Å²) in [5.74, 6) is 0. The molecule has 0 aromatic carbocycles. The Morgan fingerprint density at radius 2 is 1.26 bits per heavy atom. The number of cyclic esters (lactones) is 1. The minimum Gasteiger partial charge on any atom is -0.445 e. The number of aliphatic hydroxyl groups is 1. The normalized spacial score (nSPS) is 20.0. The van der Waals surface area contributed by atoms with Gasteiger partial charge in [-0.1, -0.05) is 0 Å². The lowest BCUT2D eigenvalue weighted by Gasteiger charge is -2.20. The van der Waals surface area contributed by atoms with Gasteiger partial charge in [0.25, 0.3) is 0 Å². The van der Waals surface area contributed by atoms with E-state index in [1.54, 1.807) is 16.7 Å². The topological polar surface area (TPSA) is 347 Å². The lowest BCUT2D eigenvalue weighted by atomic mass is 10.3. The van der Waals surface area contributed by atoms with E-state index in [9.17, 15) is 19.2 Å². The molecule has 0 bridgehead atoms. The van der Waals surface area contributed by atoms with Crippen molar-refractivity contribution in [1.82, 2.24) is 36.4 Å². The molecule has 20 nitrogen and oxygen atoms in total. The summed E-state index contributed by atoms with van der Waals surface area (Å²) < 4.78 is 4.61. The zero-order chi connectivity index (χ0) is 35.9. The van der Waals surface area contributed by atoms with Crippen LogP contribution in [0, 0.1) is 0 Å². The molecule has 0 saturated carbocycles. The highest BCUT2D eigenvalue weighted by molar-refractivity contribution is 5.77. The van der Waals surface area contributed by atoms with Gasteiger partial charge in [-0.25, -0.2) is 19.2 Å². The van der Waals surface area contributed by atoms with Gasteiger partial charge in [-0.3, -0.25) is 0 Å². The van der Waals surface area contributed by atoms with E-state index < -0.39 is 0 Å². The standard InChI is InChI=1S/2C6H13N3O.C4H7NO2.C3H6N2O.C3H9NO.2C2H8N2/c1-5(4-7)9-3-2-8-6(9)10;1-5-4-8-6(10)9(5)3-2-7;1-3-2-5-4(6)7-3;6-3-4-1-2-5-3;1-3(5)2-4;2*3-1-2-4/h2*5H,2-4,7H2,1H3,(H,8,10);3H,2H2,1H3,(H,5,6);1-2H2,(H2,4,5,6);3,5H,2,4H2,1H3;2*1-4H2. The molecule has 4 saturated heterocycles. The maximum atomic E-state index is 10.9. The third-order valence-corrected chi connectivity index (χ3v) is 5.69. The Hall–Kier alpha value is -3.24. The largest absolute Gasteiger partial charge is 0.445 e. The second-order valence-electron chi connectivity index (χ2n) is 10.0. The van der Waals surface area contributed by atoms with E-state index in [1.165, 1.54) is 0 Å². The maximum absolute atomic E-state index is 10.9. The molecule has 4 aliphatic heterocycles. The van der Waals surface area contributed by atoms with Crippen molar-refractivity contribution < 1.29 is 29.0 Å². The summed E-state index contributed by atoms with van der Waals surface area (Å²) in [6, 6.07) is 0.449. The molecule has 7 amide bonds. The minimum absolute atomic E-state index is 0.0120. The van der Waals surface area contributed by atoms with Crippen LogP contribution in [0.4, 0.5) is 19.2 Å². The fourth-order valence-corrected chi connectivity index (χ4v) is 3.05. The minimum atomic E-state index is -0.338. The van der Waals surface area contributed by atoms with Gasteiger partial charge in [0.1, 0.15) is 6.10 Å². The Kier molecular flexibility index (Phi) is 32.5. The van der Waals surface area contributed by atoms with E-state index in [1.807, 2.05) is 20.8 Å². The van der Waals surface area contributed by atoms with Crippen LogP contribution in [0.2, 0.25) is 0 Å². The van der Waals surface area contributed by atoms with Crippen molar-refractivity contribution >= 4 is 24.2 Å². The first kappa shape index (κ1) is 47.2. The summed E-state index contributed by atoms with van der Waals surface area (Å²) in [5, 5.41) is 21.3. The lowest BCUT2D eigenvalue weighted by Crippen LogP contribution is -2.40. The van der Waals surface area contributed by atoms with Crippen molar-refractivity contribution in [2.75, 3.05) is 91.6 Å². The molecule has 0 aromatic rings. The van der Waals surface area contributed by atoms with E-state index in [-0.39, 0.29) is 42.4 Å². The van der Waals surface area contributed by atoms with Gasteiger partial charge in [0.2, 0.25) is 0 Å². The molecule has 4 aliphatic rings. The number of hydrogen-bond donors (Lipinski definition) is 13. The summed E-state index contributed by atoms with van der Waals surface area (Å²) >= 11 is 0. The highest BCUT2D eigenvalue weighted by atomic mass is 16.6. The highest BCUT2D eigenvalue weighted by Gasteiger charge is 2.25. The van der Waals surface area contributed by atoms with Gasteiger partial charge in [0.15, 0.2) is 0 Å². The summed E-state index contributed by atoms with van der Waals surface area (Å²) in [4.78, 5) is 45.5. The fraction of sp³-hybridized carbons (Fsp3) is 0.846. The molecular weight excluding hydrogens is 604 g/mol. The van der Waals surface area contributed by atoms with Crippen LogP contribution in [0.15, 0.2) is 0 Å². The number of urea groups is 3. The SMILES string of the molecule is CC(CN)N1CCNC1=O.CC(O)CN.CC1CNC(=O)N1CCN.CC1CNC(=O)O1.NCCN.NCCN.O=C1NCCN1. The number of carbonyl (C=O) groups excluding carboxylic acids is 4. The van der Waals surface area contributed by atoms with Gasteiger partial charge in [0, 0.05) is 97.2 Å². The maximum Gasteiger partial charge on any atom is 0.407 e. The molecule has 20 N–H and O–H groups in total.